The zero-order chi connectivity index (χ0) is 12.3. The highest BCUT2D eigenvalue weighted by molar-refractivity contribution is 5.85. The molecule has 1 fully saturated rings. The van der Waals surface area contributed by atoms with Gasteiger partial charge in [0.25, 0.3) is 0 Å². The van der Waals surface area contributed by atoms with Crippen LogP contribution in [0, 0.1) is 0 Å². The molecule has 1 aliphatic heterocycles. The summed E-state index contributed by atoms with van der Waals surface area (Å²) >= 11 is 0. The van der Waals surface area contributed by atoms with E-state index in [1.54, 1.807) is 0 Å². The van der Waals surface area contributed by atoms with E-state index in [9.17, 15) is 0 Å². The van der Waals surface area contributed by atoms with Crippen molar-refractivity contribution in [3.05, 3.63) is 24.3 Å². The van der Waals surface area contributed by atoms with Crippen LogP contribution in [0.25, 0.3) is 0 Å². The lowest BCUT2D eigenvalue weighted by Gasteiger charge is -2.36. The summed E-state index contributed by atoms with van der Waals surface area (Å²) in [6.45, 7) is 9.53. The number of nitrogens with zero attached hydrogens (tertiary/aromatic N) is 1. The molecule has 1 atom stereocenters. The van der Waals surface area contributed by atoms with E-state index in [0.717, 1.165) is 25.4 Å². The summed E-state index contributed by atoms with van der Waals surface area (Å²) in [5.74, 6) is 0.961. The van der Waals surface area contributed by atoms with E-state index < -0.39 is 0 Å². The zero-order valence-corrected chi connectivity index (χ0v) is 13.4. The highest BCUT2D eigenvalue weighted by atomic mass is 35.5. The van der Waals surface area contributed by atoms with Crippen molar-refractivity contribution in [1.29, 1.82) is 0 Å². The van der Waals surface area contributed by atoms with Gasteiger partial charge in [-0.25, -0.2) is 0 Å². The van der Waals surface area contributed by atoms with E-state index in [2.05, 4.69) is 49.2 Å². The van der Waals surface area contributed by atoms with Crippen molar-refractivity contribution in [2.24, 2.45) is 0 Å². The van der Waals surface area contributed by atoms with Gasteiger partial charge in [-0.05, 0) is 32.9 Å². The lowest BCUT2D eigenvalue weighted by Crippen LogP contribution is -2.49. The summed E-state index contributed by atoms with van der Waals surface area (Å²) in [6.07, 6.45) is 0.227. The van der Waals surface area contributed by atoms with Crippen LogP contribution in [-0.2, 0) is 0 Å². The second kappa shape index (κ2) is 8.51. The van der Waals surface area contributed by atoms with Crippen molar-refractivity contribution >= 4 is 30.5 Å². The number of ether oxygens (including phenoxy) is 1. The van der Waals surface area contributed by atoms with Gasteiger partial charge in [-0.15, -0.1) is 24.8 Å². The van der Waals surface area contributed by atoms with Crippen LogP contribution in [0.2, 0.25) is 0 Å². The molecule has 1 aromatic rings. The fourth-order valence-corrected chi connectivity index (χ4v) is 2.23. The van der Waals surface area contributed by atoms with Gasteiger partial charge in [-0.1, -0.05) is 6.07 Å². The predicted octanol–water partition coefficient (Wildman–Crippen LogP) is 3.12. The minimum absolute atomic E-state index is 0. The maximum Gasteiger partial charge on any atom is 0.121 e. The Morgan fingerprint density at radius 2 is 2.05 bits per heavy atom. The van der Waals surface area contributed by atoms with Crippen LogP contribution in [-0.4, -0.2) is 31.8 Å². The molecule has 2 rings (SSSR count). The van der Waals surface area contributed by atoms with Crippen LogP contribution < -0.4 is 15.0 Å². The molecule has 3 nitrogen and oxygen atoms in total. The molecule has 0 aromatic heterocycles. The Hall–Kier alpha value is -0.640. The van der Waals surface area contributed by atoms with Gasteiger partial charge >= 0.3 is 0 Å². The van der Waals surface area contributed by atoms with Gasteiger partial charge in [0.05, 0.1) is 6.10 Å². The third-order valence-electron chi connectivity index (χ3n) is 3.02. The van der Waals surface area contributed by atoms with E-state index in [0.29, 0.717) is 6.04 Å². The van der Waals surface area contributed by atoms with Gasteiger partial charge < -0.3 is 15.0 Å². The summed E-state index contributed by atoms with van der Waals surface area (Å²) in [5.41, 5.74) is 1.26. The molecule has 1 saturated heterocycles. The normalized spacial score (nSPS) is 18.5. The lowest BCUT2D eigenvalue weighted by molar-refractivity contribution is 0.242. The fraction of sp³-hybridized carbons (Fsp3) is 0.571. The molecular weight excluding hydrogens is 283 g/mol. The minimum Gasteiger partial charge on any atom is -0.491 e. The molecule has 0 bridgehead atoms. The average Bonchev–Trinajstić information content (AvgIpc) is 2.29. The lowest BCUT2D eigenvalue weighted by atomic mass is 10.1. The van der Waals surface area contributed by atoms with Crippen molar-refractivity contribution in [3.8, 4) is 5.75 Å². The number of benzene rings is 1. The Kier molecular flexibility index (Phi) is 8.23. The van der Waals surface area contributed by atoms with Crippen LogP contribution >= 0.6 is 24.8 Å². The summed E-state index contributed by atoms with van der Waals surface area (Å²) in [4.78, 5) is 2.43. The number of piperazine rings is 1. The Bertz CT molecular complexity index is 374. The molecule has 5 heteroatoms. The fourth-order valence-electron chi connectivity index (χ4n) is 2.23. The smallest absolute Gasteiger partial charge is 0.121 e. The third kappa shape index (κ3) is 5.09. The third-order valence-corrected chi connectivity index (χ3v) is 3.02. The summed E-state index contributed by atoms with van der Waals surface area (Å²) in [7, 11) is 0. The van der Waals surface area contributed by atoms with Crippen molar-refractivity contribution in [1.82, 2.24) is 5.32 Å². The second-order valence-electron chi connectivity index (χ2n) is 4.91. The van der Waals surface area contributed by atoms with Crippen molar-refractivity contribution in [2.75, 3.05) is 24.5 Å². The second-order valence-corrected chi connectivity index (χ2v) is 4.91. The number of rotatable bonds is 3. The molecule has 0 unspecified atom stereocenters. The summed E-state index contributed by atoms with van der Waals surface area (Å²) in [5, 5.41) is 3.41. The Morgan fingerprint density at radius 3 is 2.68 bits per heavy atom. The van der Waals surface area contributed by atoms with Crippen molar-refractivity contribution in [2.45, 2.75) is 32.9 Å². The van der Waals surface area contributed by atoms with E-state index in [4.69, 9.17) is 4.74 Å². The maximum atomic E-state index is 5.74. The van der Waals surface area contributed by atoms with Crippen LogP contribution in [0.4, 0.5) is 5.69 Å². The Labute approximate surface area is 128 Å². The minimum atomic E-state index is 0. The molecule has 1 aliphatic rings. The van der Waals surface area contributed by atoms with Crippen LogP contribution in [0.3, 0.4) is 0 Å². The first kappa shape index (κ1) is 18.4. The van der Waals surface area contributed by atoms with Gasteiger partial charge in [0.15, 0.2) is 0 Å². The predicted molar refractivity (Wildman–Crippen MR) is 86.4 cm³/mol. The molecule has 1 aromatic carbocycles. The Morgan fingerprint density at radius 1 is 1.32 bits per heavy atom. The first-order valence-electron chi connectivity index (χ1n) is 6.41. The molecule has 19 heavy (non-hydrogen) atoms. The van der Waals surface area contributed by atoms with E-state index in [1.807, 2.05) is 6.07 Å². The molecule has 110 valence electrons. The van der Waals surface area contributed by atoms with Gasteiger partial charge in [0, 0.05) is 37.4 Å². The maximum absolute atomic E-state index is 5.74. The number of nitrogens with one attached hydrogen (secondary N) is 1. The Balaban J connectivity index is 0.00000162. The molecule has 0 radical (unpaired) electrons. The summed E-state index contributed by atoms with van der Waals surface area (Å²) < 4.78 is 5.74. The van der Waals surface area contributed by atoms with E-state index in [-0.39, 0.29) is 30.9 Å². The van der Waals surface area contributed by atoms with E-state index >= 15 is 0 Å². The molecule has 0 aliphatic carbocycles. The molecule has 1 N–H and O–H groups in total. The number of hydrogen-bond donors (Lipinski definition) is 1. The topological polar surface area (TPSA) is 24.5 Å². The van der Waals surface area contributed by atoms with Crippen molar-refractivity contribution < 1.29 is 4.74 Å². The quantitative estimate of drug-likeness (QED) is 0.928. The van der Waals surface area contributed by atoms with E-state index in [1.165, 1.54) is 5.69 Å². The summed E-state index contributed by atoms with van der Waals surface area (Å²) in [6, 6.07) is 8.94. The van der Waals surface area contributed by atoms with Gasteiger partial charge in [0.1, 0.15) is 5.75 Å². The van der Waals surface area contributed by atoms with Crippen LogP contribution in [0.1, 0.15) is 20.8 Å². The SMILES string of the molecule is CC(C)Oc1cccc(N2CCNC[C@H]2C)c1.Cl.Cl. The van der Waals surface area contributed by atoms with Gasteiger partial charge in [-0.3, -0.25) is 0 Å². The van der Waals surface area contributed by atoms with Crippen molar-refractivity contribution in [3.63, 3.8) is 0 Å². The molecule has 0 saturated carbocycles. The first-order chi connectivity index (χ1) is 8.16. The number of hydrogen-bond acceptors (Lipinski definition) is 3. The zero-order valence-electron chi connectivity index (χ0n) is 11.8. The van der Waals surface area contributed by atoms with Crippen LogP contribution in [0.15, 0.2) is 24.3 Å². The van der Waals surface area contributed by atoms with Gasteiger partial charge in [-0.2, -0.15) is 0 Å². The molecular formula is C14H24Cl2N2O. The highest BCUT2D eigenvalue weighted by Crippen LogP contribution is 2.24. The number of halogens is 2. The molecule has 0 spiro atoms. The molecule has 0 amide bonds. The highest BCUT2D eigenvalue weighted by Gasteiger charge is 2.18. The van der Waals surface area contributed by atoms with Gasteiger partial charge in [0.2, 0.25) is 0 Å². The average molecular weight is 307 g/mol. The standard InChI is InChI=1S/C14H22N2O.2ClH/c1-11(2)17-14-6-4-5-13(9-14)16-8-7-15-10-12(16)3;;/h4-6,9,11-12,15H,7-8,10H2,1-3H3;2*1H/t12-;;/m1../s1. The monoisotopic (exact) mass is 306 g/mol. The largest absolute Gasteiger partial charge is 0.491 e. The number of anilines is 1. The van der Waals surface area contributed by atoms with Crippen LogP contribution in [0.5, 0.6) is 5.75 Å². The first-order valence-corrected chi connectivity index (χ1v) is 6.41. The molecule has 1 heterocycles.